The topological polar surface area (TPSA) is 55.8 Å². The molecule has 0 aliphatic carbocycles. The Hall–Kier alpha value is -2.34. The van der Waals surface area contributed by atoms with Crippen molar-refractivity contribution in [2.45, 2.75) is 17.4 Å². The largest absolute Gasteiger partial charge is 0.496 e. The molecule has 2 unspecified atom stereocenters. The molecule has 0 bridgehead atoms. The molecule has 2 atom stereocenters. The molecule has 1 heterocycles. The maximum absolute atomic E-state index is 13.0. The van der Waals surface area contributed by atoms with Crippen LogP contribution in [0.1, 0.15) is 18.0 Å². The van der Waals surface area contributed by atoms with Gasteiger partial charge in [0, 0.05) is 5.56 Å². The van der Waals surface area contributed by atoms with Crippen molar-refractivity contribution in [2.75, 3.05) is 18.5 Å². The van der Waals surface area contributed by atoms with E-state index in [2.05, 4.69) is 0 Å². The zero-order valence-corrected chi connectivity index (χ0v) is 13.7. The minimum Gasteiger partial charge on any atom is -0.496 e. The summed E-state index contributed by atoms with van der Waals surface area (Å²) in [4.78, 5) is 12.5. The third kappa shape index (κ3) is 2.70. The van der Waals surface area contributed by atoms with Gasteiger partial charge in [0.25, 0.3) is 0 Å². The standard InChI is InChI=1S/C17H17NO4S/c1-21-14-9-6-10-15-17(14)13(11-16(19)22-2)18(23(15)20)12-7-4-3-5-8-12/h3-10,13H,11H2,1-2H3. The predicted octanol–water partition coefficient (Wildman–Crippen LogP) is 2.84. The molecular formula is C17H17NO4S. The maximum Gasteiger partial charge on any atom is 0.307 e. The van der Waals surface area contributed by atoms with E-state index in [1.165, 1.54) is 7.11 Å². The van der Waals surface area contributed by atoms with Crippen molar-refractivity contribution in [1.82, 2.24) is 0 Å². The zero-order chi connectivity index (χ0) is 16.4. The molecule has 0 fully saturated rings. The molecule has 120 valence electrons. The summed E-state index contributed by atoms with van der Waals surface area (Å²) < 4.78 is 25.0. The van der Waals surface area contributed by atoms with Crippen molar-refractivity contribution in [3.05, 3.63) is 54.1 Å². The van der Waals surface area contributed by atoms with E-state index < -0.39 is 17.0 Å². The van der Waals surface area contributed by atoms with Crippen LogP contribution in [0, 0.1) is 0 Å². The Labute approximate surface area is 137 Å². The summed E-state index contributed by atoms with van der Waals surface area (Å²) in [5, 5.41) is 0. The lowest BCUT2D eigenvalue weighted by atomic mass is 10.0. The van der Waals surface area contributed by atoms with E-state index in [0.29, 0.717) is 10.6 Å². The van der Waals surface area contributed by atoms with Crippen LogP contribution in [0.25, 0.3) is 0 Å². The van der Waals surface area contributed by atoms with Crippen LogP contribution in [-0.2, 0) is 20.5 Å². The number of rotatable bonds is 4. The number of ether oxygens (including phenoxy) is 2. The molecule has 3 rings (SSSR count). The number of carbonyl (C=O) groups is 1. The maximum atomic E-state index is 13.0. The van der Waals surface area contributed by atoms with Crippen LogP contribution >= 0.6 is 0 Å². The van der Waals surface area contributed by atoms with E-state index in [-0.39, 0.29) is 12.4 Å². The summed E-state index contributed by atoms with van der Waals surface area (Å²) in [5.41, 5.74) is 1.57. The van der Waals surface area contributed by atoms with Gasteiger partial charge in [-0.05, 0) is 24.3 Å². The number of esters is 1. The third-order valence-electron chi connectivity index (χ3n) is 3.83. The molecule has 1 aliphatic heterocycles. The Balaban J connectivity index is 2.13. The van der Waals surface area contributed by atoms with E-state index in [1.807, 2.05) is 36.4 Å². The average Bonchev–Trinajstić information content (AvgIpc) is 2.88. The van der Waals surface area contributed by atoms with Crippen molar-refractivity contribution < 1.29 is 18.5 Å². The lowest BCUT2D eigenvalue weighted by Gasteiger charge is -2.25. The van der Waals surface area contributed by atoms with Crippen LogP contribution in [0.15, 0.2) is 53.4 Å². The van der Waals surface area contributed by atoms with Gasteiger partial charge in [-0.1, -0.05) is 24.3 Å². The summed E-state index contributed by atoms with van der Waals surface area (Å²) in [6.45, 7) is 0. The first-order valence-electron chi connectivity index (χ1n) is 7.17. The Bertz CT molecular complexity index is 748. The van der Waals surface area contributed by atoms with Gasteiger partial charge in [-0.15, -0.1) is 0 Å². The second-order valence-corrected chi connectivity index (χ2v) is 6.41. The van der Waals surface area contributed by atoms with Crippen molar-refractivity contribution >= 4 is 22.6 Å². The van der Waals surface area contributed by atoms with Gasteiger partial charge in [0.05, 0.1) is 37.3 Å². The van der Waals surface area contributed by atoms with Gasteiger partial charge in [-0.25, -0.2) is 4.21 Å². The van der Waals surface area contributed by atoms with Gasteiger partial charge in [0.1, 0.15) is 5.75 Å². The molecule has 1 aliphatic rings. The Morgan fingerprint density at radius 1 is 1.13 bits per heavy atom. The molecule has 6 heteroatoms. The number of hydrogen-bond acceptors (Lipinski definition) is 4. The summed E-state index contributed by atoms with van der Waals surface area (Å²) in [6.07, 6.45) is 0.102. The first-order valence-corrected chi connectivity index (χ1v) is 8.28. The van der Waals surface area contributed by atoms with Crippen LogP contribution < -0.4 is 9.04 Å². The minimum absolute atomic E-state index is 0.102. The second kappa shape index (κ2) is 6.42. The number of fused-ring (bicyclic) bond motifs is 1. The lowest BCUT2D eigenvalue weighted by Crippen LogP contribution is -2.26. The van der Waals surface area contributed by atoms with E-state index >= 15 is 0 Å². The summed E-state index contributed by atoms with van der Waals surface area (Å²) in [7, 11) is 1.52. The van der Waals surface area contributed by atoms with Crippen LogP contribution in [0.3, 0.4) is 0 Å². The number of nitrogens with zero attached hydrogens (tertiary/aromatic N) is 1. The monoisotopic (exact) mass is 331 g/mol. The molecule has 2 aromatic rings. The Morgan fingerprint density at radius 2 is 1.87 bits per heavy atom. The van der Waals surface area contributed by atoms with E-state index in [4.69, 9.17) is 9.47 Å². The van der Waals surface area contributed by atoms with Gasteiger partial charge in [-0.3, -0.25) is 9.10 Å². The van der Waals surface area contributed by atoms with E-state index in [0.717, 1.165) is 11.3 Å². The highest BCUT2D eigenvalue weighted by Gasteiger charge is 2.40. The molecule has 0 spiro atoms. The molecule has 0 N–H and O–H groups in total. The fraction of sp³-hybridized carbons (Fsp3) is 0.235. The normalized spacial score (nSPS) is 19.3. The second-order valence-electron chi connectivity index (χ2n) is 5.08. The highest BCUT2D eigenvalue weighted by Crippen LogP contribution is 2.46. The molecular weight excluding hydrogens is 314 g/mol. The molecule has 2 aromatic carbocycles. The summed E-state index contributed by atoms with van der Waals surface area (Å²) in [6, 6.07) is 14.4. The molecule has 0 saturated heterocycles. The van der Waals surface area contributed by atoms with Crippen molar-refractivity contribution in [3.63, 3.8) is 0 Å². The van der Waals surface area contributed by atoms with Crippen LogP contribution in [-0.4, -0.2) is 24.4 Å². The number of para-hydroxylation sites is 1. The van der Waals surface area contributed by atoms with Gasteiger partial charge in [0.2, 0.25) is 0 Å². The number of anilines is 1. The van der Waals surface area contributed by atoms with Crippen molar-refractivity contribution in [1.29, 1.82) is 0 Å². The Morgan fingerprint density at radius 3 is 2.52 bits per heavy atom. The molecule has 0 amide bonds. The predicted molar refractivity (Wildman–Crippen MR) is 87.7 cm³/mol. The number of methoxy groups -OCH3 is 2. The highest BCUT2D eigenvalue weighted by atomic mass is 32.2. The quantitative estimate of drug-likeness (QED) is 0.809. The van der Waals surface area contributed by atoms with Crippen LogP contribution in [0.4, 0.5) is 5.69 Å². The lowest BCUT2D eigenvalue weighted by molar-refractivity contribution is -0.141. The fourth-order valence-corrected chi connectivity index (χ4v) is 4.35. The van der Waals surface area contributed by atoms with Gasteiger partial charge >= 0.3 is 5.97 Å². The van der Waals surface area contributed by atoms with Crippen LogP contribution in [0.2, 0.25) is 0 Å². The van der Waals surface area contributed by atoms with Gasteiger partial charge in [0.15, 0.2) is 11.0 Å². The Kier molecular flexibility index (Phi) is 4.34. The highest BCUT2D eigenvalue weighted by molar-refractivity contribution is 7.87. The molecule has 5 nitrogen and oxygen atoms in total. The van der Waals surface area contributed by atoms with Gasteiger partial charge in [-0.2, -0.15) is 0 Å². The van der Waals surface area contributed by atoms with Crippen molar-refractivity contribution in [3.8, 4) is 5.75 Å². The average molecular weight is 331 g/mol. The first kappa shape index (κ1) is 15.6. The third-order valence-corrected chi connectivity index (χ3v) is 5.38. The number of benzene rings is 2. The van der Waals surface area contributed by atoms with E-state index in [1.54, 1.807) is 23.5 Å². The minimum atomic E-state index is -1.40. The SMILES string of the molecule is COC(=O)CC1c2c(OC)cccc2S(=O)N1c1ccccc1. The van der Waals surface area contributed by atoms with Crippen molar-refractivity contribution in [2.24, 2.45) is 0 Å². The smallest absolute Gasteiger partial charge is 0.307 e. The molecule has 0 radical (unpaired) electrons. The number of hydrogen-bond donors (Lipinski definition) is 0. The van der Waals surface area contributed by atoms with Gasteiger partial charge < -0.3 is 9.47 Å². The van der Waals surface area contributed by atoms with E-state index in [9.17, 15) is 9.00 Å². The summed E-state index contributed by atoms with van der Waals surface area (Å²) in [5.74, 6) is 0.273. The molecule has 0 saturated carbocycles. The fourth-order valence-electron chi connectivity index (χ4n) is 2.80. The first-order chi connectivity index (χ1) is 11.2. The summed E-state index contributed by atoms with van der Waals surface area (Å²) >= 11 is 0. The molecule has 23 heavy (non-hydrogen) atoms. The zero-order valence-electron chi connectivity index (χ0n) is 12.9. The van der Waals surface area contributed by atoms with Crippen LogP contribution in [0.5, 0.6) is 5.75 Å². The molecule has 0 aromatic heterocycles. The number of carbonyl (C=O) groups excluding carboxylic acids is 1.